The number of rotatable bonds is 7. The molecule has 2 rings (SSSR count). The van der Waals surface area contributed by atoms with Crippen molar-refractivity contribution in [3.05, 3.63) is 74.7 Å². The first-order valence-electron chi connectivity index (χ1n) is 7.15. The maximum atomic E-state index is 13.2. The van der Waals surface area contributed by atoms with Gasteiger partial charge in [-0.15, -0.1) is 0 Å². The molecule has 0 radical (unpaired) electrons. The predicted octanol–water partition coefficient (Wildman–Crippen LogP) is 4.70. The predicted molar refractivity (Wildman–Crippen MR) is 89.4 cm³/mol. The number of halogens is 2. The Kier molecular flexibility index (Phi) is 6.14. The number of benzene rings is 2. The second kappa shape index (κ2) is 8.31. The molecule has 0 atom stereocenters. The van der Waals surface area contributed by atoms with Crippen LogP contribution in [-0.2, 0) is 6.61 Å². The summed E-state index contributed by atoms with van der Waals surface area (Å²) in [5.41, 5.74) is 1.16. The van der Waals surface area contributed by atoms with E-state index in [-0.39, 0.29) is 17.4 Å². The van der Waals surface area contributed by atoms with Gasteiger partial charge in [-0.05, 0) is 42.3 Å². The van der Waals surface area contributed by atoms with E-state index in [4.69, 9.17) is 21.1 Å². The smallest absolute Gasteiger partial charge is 0.235 e. The fourth-order valence-electron chi connectivity index (χ4n) is 2.02. The molecule has 0 heterocycles. The summed E-state index contributed by atoms with van der Waals surface area (Å²) in [7, 11) is 0. The van der Waals surface area contributed by atoms with Gasteiger partial charge in [0.25, 0.3) is 0 Å². The summed E-state index contributed by atoms with van der Waals surface area (Å²) in [5.74, 6) is 0.318. The summed E-state index contributed by atoms with van der Waals surface area (Å²) >= 11 is 6.20. The van der Waals surface area contributed by atoms with Crippen LogP contribution in [0.1, 0.15) is 18.1 Å². The van der Waals surface area contributed by atoms with Crippen LogP contribution in [0.25, 0.3) is 6.08 Å². The lowest BCUT2D eigenvalue weighted by Gasteiger charge is -2.14. The Labute approximate surface area is 143 Å². The van der Waals surface area contributed by atoms with Crippen molar-refractivity contribution < 1.29 is 18.8 Å². The van der Waals surface area contributed by atoms with Crippen LogP contribution in [0.5, 0.6) is 11.5 Å². The number of nitro groups is 1. The maximum absolute atomic E-state index is 13.2. The monoisotopic (exact) mass is 351 g/mol. The van der Waals surface area contributed by atoms with Crippen molar-refractivity contribution in [2.45, 2.75) is 13.5 Å². The number of nitrogens with zero attached hydrogens (tertiary/aromatic N) is 1. The minimum Gasteiger partial charge on any atom is -0.490 e. The SMILES string of the molecule is CCOc1cc(C=C[N+](=O)[O-])cc(Cl)c1OCc1cccc(F)c1. The van der Waals surface area contributed by atoms with Gasteiger partial charge in [0, 0.05) is 6.08 Å². The molecule has 126 valence electrons. The van der Waals surface area contributed by atoms with Crippen molar-refractivity contribution in [2.75, 3.05) is 6.61 Å². The highest BCUT2D eigenvalue weighted by molar-refractivity contribution is 6.32. The summed E-state index contributed by atoms with van der Waals surface area (Å²) in [6.45, 7) is 2.28. The second-order valence-electron chi connectivity index (χ2n) is 4.78. The Balaban J connectivity index is 2.25. The Morgan fingerprint density at radius 1 is 1.29 bits per heavy atom. The fraction of sp³-hybridized carbons (Fsp3) is 0.176. The van der Waals surface area contributed by atoms with Crippen LogP contribution < -0.4 is 9.47 Å². The minimum absolute atomic E-state index is 0.113. The van der Waals surface area contributed by atoms with E-state index < -0.39 is 4.92 Å². The Hall–Kier alpha value is -2.60. The Morgan fingerprint density at radius 2 is 2.08 bits per heavy atom. The lowest BCUT2D eigenvalue weighted by molar-refractivity contribution is -0.400. The van der Waals surface area contributed by atoms with Crippen molar-refractivity contribution >= 4 is 17.7 Å². The molecule has 5 nitrogen and oxygen atoms in total. The molecule has 0 saturated carbocycles. The molecule has 2 aromatic rings. The third kappa shape index (κ3) is 4.96. The van der Waals surface area contributed by atoms with Gasteiger partial charge in [-0.3, -0.25) is 10.1 Å². The number of ether oxygens (including phenoxy) is 2. The van der Waals surface area contributed by atoms with Gasteiger partial charge in [-0.25, -0.2) is 4.39 Å². The molecule has 0 unspecified atom stereocenters. The zero-order valence-electron chi connectivity index (χ0n) is 12.9. The van der Waals surface area contributed by atoms with Crippen molar-refractivity contribution in [1.29, 1.82) is 0 Å². The van der Waals surface area contributed by atoms with Crippen molar-refractivity contribution in [2.24, 2.45) is 0 Å². The molecular formula is C17H15ClFNO4. The standard InChI is InChI=1S/C17H15ClFNO4/c1-2-23-16-10-12(6-7-20(21)22)9-15(18)17(16)24-11-13-4-3-5-14(19)8-13/h3-10H,2,11H2,1H3. The quantitative estimate of drug-likeness (QED) is 0.535. The molecule has 0 aliphatic heterocycles. The topological polar surface area (TPSA) is 61.6 Å². The van der Waals surface area contributed by atoms with Crippen LogP contribution in [-0.4, -0.2) is 11.5 Å². The average Bonchev–Trinajstić information content (AvgIpc) is 2.52. The van der Waals surface area contributed by atoms with E-state index in [0.29, 0.717) is 29.2 Å². The lowest BCUT2D eigenvalue weighted by Crippen LogP contribution is -2.01. The summed E-state index contributed by atoms with van der Waals surface area (Å²) in [4.78, 5) is 9.85. The van der Waals surface area contributed by atoms with Gasteiger partial charge < -0.3 is 9.47 Å². The Morgan fingerprint density at radius 3 is 2.75 bits per heavy atom. The highest BCUT2D eigenvalue weighted by Crippen LogP contribution is 2.37. The van der Waals surface area contributed by atoms with Crippen molar-refractivity contribution in [3.63, 3.8) is 0 Å². The zero-order valence-corrected chi connectivity index (χ0v) is 13.6. The summed E-state index contributed by atoms with van der Waals surface area (Å²) in [6, 6.07) is 9.15. The summed E-state index contributed by atoms with van der Waals surface area (Å²) in [5, 5.41) is 10.7. The summed E-state index contributed by atoms with van der Waals surface area (Å²) < 4.78 is 24.4. The molecule has 24 heavy (non-hydrogen) atoms. The molecule has 0 saturated heterocycles. The van der Waals surface area contributed by atoms with Gasteiger partial charge >= 0.3 is 0 Å². The van der Waals surface area contributed by atoms with Crippen LogP contribution in [0.2, 0.25) is 5.02 Å². The maximum Gasteiger partial charge on any atom is 0.235 e. The molecule has 0 aliphatic carbocycles. The van der Waals surface area contributed by atoms with Crippen molar-refractivity contribution in [1.82, 2.24) is 0 Å². The van der Waals surface area contributed by atoms with Gasteiger partial charge in [0.15, 0.2) is 11.5 Å². The first-order chi connectivity index (χ1) is 11.5. The second-order valence-corrected chi connectivity index (χ2v) is 5.19. The molecule has 0 bridgehead atoms. The van der Waals surface area contributed by atoms with Crippen molar-refractivity contribution in [3.8, 4) is 11.5 Å². The largest absolute Gasteiger partial charge is 0.490 e. The van der Waals surface area contributed by atoms with Gasteiger partial charge in [0.2, 0.25) is 6.20 Å². The molecule has 2 aromatic carbocycles. The molecule has 0 N–H and O–H groups in total. The van der Waals surface area contributed by atoms with E-state index in [0.717, 1.165) is 6.20 Å². The van der Waals surface area contributed by atoms with Crippen LogP contribution in [0.15, 0.2) is 42.6 Å². The molecule has 0 fully saturated rings. The van der Waals surface area contributed by atoms with E-state index >= 15 is 0 Å². The average molecular weight is 352 g/mol. The van der Waals surface area contributed by atoms with E-state index in [9.17, 15) is 14.5 Å². The fourth-order valence-corrected chi connectivity index (χ4v) is 2.29. The van der Waals surface area contributed by atoms with Gasteiger partial charge in [-0.1, -0.05) is 23.7 Å². The van der Waals surface area contributed by atoms with Crippen LogP contribution in [0, 0.1) is 15.9 Å². The van der Waals surface area contributed by atoms with E-state index in [1.807, 2.05) is 0 Å². The molecule has 0 aromatic heterocycles. The molecule has 0 spiro atoms. The number of hydrogen-bond donors (Lipinski definition) is 0. The van der Waals surface area contributed by atoms with Crippen LogP contribution in [0.3, 0.4) is 0 Å². The van der Waals surface area contributed by atoms with Crippen LogP contribution >= 0.6 is 11.6 Å². The van der Waals surface area contributed by atoms with Crippen LogP contribution in [0.4, 0.5) is 4.39 Å². The molecular weight excluding hydrogens is 337 g/mol. The van der Waals surface area contributed by atoms with Gasteiger partial charge in [-0.2, -0.15) is 0 Å². The third-order valence-electron chi connectivity index (χ3n) is 2.99. The molecule has 0 amide bonds. The summed E-state index contributed by atoms with van der Waals surface area (Å²) in [6.07, 6.45) is 2.12. The first-order valence-corrected chi connectivity index (χ1v) is 7.52. The normalized spacial score (nSPS) is 10.8. The molecule has 0 aliphatic rings. The number of hydrogen-bond acceptors (Lipinski definition) is 4. The van der Waals surface area contributed by atoms with E-state index in [1.165, 1.54) is 24.3 Å². The van der Waals surface area contributed by atoms with E-state index in [2.05, 4.69) is 0 Å². The molecule has 7 heteroatoms. The third-order valence-corrected chi connectivity index (χ3v) is 3.27. The highest BCUT2D eigenvalue weighted by Gasteiger charge is 2.13. The highest BCUT2D eigenvalue weighted by atomic mass is 35.5. The van der Waals surface area contributed by atoms with Gasteiger partial charge in [0.1, 0.15) is 12.4 Å². The minimum atomic E-state index is -0.567. The first kappa shape index (κ1) is 17.7. The van der Waals surface area contributed by atoms with Gasteiger partial charge in [0.05, 0.1) is 16.6 Å². The van der Waals surface area contributed by atoms with E-state index in [1.54, 1.807) is 25.1 Å². The Bertz CT molecular complexity index is 764. The lowest BCUT2D eigenvalue weighted by atomic mass is 10.2. The zero-order chi connectivity index (χ0) is 17.5.